The zero-order chi connectivity index (χ0) is 13.9. The summed E-state index contributed by atoms with van der Waals surface area (Å²) in [4.78, 5) is 11.8. The van der Waals surface area contributed by atoms with E-state index < -0.39 is 0 Å². The van der Waals surface area contributed by atoms with Gasteiger partial charge in [-0.05, 0) is 26.7 Å². The van der Waals surface area contributed by atoms with Crippen molar-refractivity contribution in [1.82, 2.24) is 10.6 Å². The van der Waals surface area contributed by atoms with Crippen LogP contribution in [0.5, 0.6) is 0 Å². The Labute approximate surface area is 118 Å². The maximum Gasteiger partial charge on any atom is 0.315 e. The molecule has 0 aromatic rings. The van der Waals surface area contributed by atoms with Crippen molar-refractivity contribution >= 4 is 6.03 Å². The smallest absolute Gasteiger partial charge is 0.315 e. The van der Waals surface area contributed by atoms with Crippen LogP contribution in [0, 0.1) is 0 Å². The summed E-state index contributed by atoms with van der Waals surface area (Å²) in [6.45, 7) is 4.00. The number of hydrogen-bond acceptors (Lipinski definition) is 1. The molecule has 1 saturated carbocycles. The van der Waals surface area contributed by atoms with E-state index in [1.807, 2.05) is 13.8 Å². The van der Waals surface area contributed by atoms with Gasteiger partial charge in [0, 0.05) is 12.1 Å². The molecule has 19 heavy (non-hydrogen) atoms. The van der Waals surface area contributed by atoms with Gasteiger partial charge in [-0.2, -0.15) is 0 Å². The molecule has 1 fully saturated rings. The number of nitrogens with one attached hydrogen (secondary N) is 2. The highest BCUT2D eigenvalue weighted by Gasteiger charge is 2.12. The Morgan fingerprint density at radius 2 is 1.26 bits per heavy atom. The number of urea groups is 1. The van der Waals surface area contributed by atoms with E-state index in [9.17, 15) is 4.79 Å². The van der Waals surface area contributed by atoms with Crippen LogP contribution >= 0.6 is 0 Å². The van der Waals surface area contributed by atoms with Crippen LogP contribution in [-0.4, -0.2) is 18.1 Å². The van der Waals surface area contributed by atoms with Crippen LogP contribution in [0.2, 0.25) is 0 Å². The normalized spacial score (nSPS) is 20.4. The zero-order valence-corrected chi connectivity index (χ0v) is 12.8. The van der Waals surface area contributed by atoms with Gasteiger partial charge in [0.25, 0.3) is 0 Å². The lowest BCUT2D eigenvalue weighted by atomic mass is 9.98. The number of rotatable bonds is 2. The fourth-order valence-electron chi connectivity index (χ4n) is 2.80. The second-order valence-electron chi connectivity index (χ2n) is 6.23. The monoisotopic (exact) mass is 268 g/mol. The average molecular weight is 268 g/mol. The van der Waals surface area contributed by atoms with Crippen molar-refractivity contribution in [2.45, 2.75) is 96.6 Å². The standard InChI is InChI=1S/C16H32N2O/c1-14(2)17-16(19)18-15-12-10-8-6-4-3-5-7-9-11-13-15/h14-15H,3-13H2,1-2H3,(H2,17,18,19). The van der Waals surface area contributed by atoms with Gasteiger partial charge in [0.2, 0.25) is 0 Å². The SMILES string of the molecule is CC(C)NC(=O)NC1CCCCCCCCCCC1. The molecule has 3 nitrogen and oxygen atoms in total. The van der Waals surface area contributed by atoms with Crippen molar-refractivity contribution < 1.29 is 4.79 Å². The van der Waals surface area contributed by atoms with Crippen LogP contribution in [0.15, 0.2) is 0 Å². The molecule has 0 unspecified atom stereocenters. The molecule has 1 aliphatic rings. The van der Waals surface area contributed by atoms with Gasteiger partial charge in [-0.1, -0.05) is 57.8 Å². The number of hydrogen-bond donors (Lipinski definition) is 2. The van der Waals surface area contributed by atoms with E-state index >= 15 is 0 Å². The van der Waals surface area contributed by atoms with Crippen molar-refractivity contribution in [2.24, 2.45) is 0 Å². The van der Waals surface area contributed by atoms with Gasteiger partial charge in [-0.3, -0.25) is 0 Å². The van der Waals surface area contributed by atoms with Gasteiger partial charge in [-0.15, -0.1) is 0 Å². The number of amides is 2. The molecule has 0 aromatic carbocycles. The summed E-state index contributed by atoms with van der Waals surface area (Å²) < 4.78 is 0. The second-order valence-corrected chi connectivity index (χ2v) is 6.23. The average Bonchev–Trinajstić information content (AvgIpc) is 2.31. The first-order valence-corrected chi connectivity index (χ1v) is 8.25. The van der Waals surface area contributed by atoms with Crippen molar-refractivity contribution in [1.29, 1.82) is 0 Å². The van der Waals surface area contributed by atoms with Crippen molar-refractivity contribution in [3.8, 4) is 0 Å². The third kappa shape index (κ3) is 8.90. The first-order chi connectivity index (χ1) is 9.18. The fraction of sp³-hybridized carbons (Fsp3) is 0.938. The van der Waals surface area contributed by atoms with E-state index in [1.54, 1.807) is 0 Å². The summed E-state index contributed by atoms with van der Waals surface area (Å²) in [5.41, 5.74) is 0. The van der Waals surface area contributed by atoms with Crippen LogP contribution in [0.3, 0.4) is 0 Å². The molecule has 0 radical (unpaired) electrons. The Balaban J connectivity index is 2.31. The molecule has 1 rings (SSSR count). The van der Waals surface area contributed by atoms with Gasteiger partial charge in [-0.25, -0.2) is 4.79 Å². The molecule has 0 heterocycles. The van der Waals surface area contributed by atoms with Crippen molar-refractivity contribution in [2.75, 3.05) is 0 Å². The molecular weight excluding hydrogens is 236 g/mol. The fourth-order valence-corrected chi connectivity index (χ4v) is 2.80. The molecule has 0 aromatic heterocycles. The molecule has 0 atom stereocenters. The Bertz CT molecular complexity index is 229. The minimum Gasteiger partial charge on any atom is -0.336 e. The highest BCUT2D eigenvalue weighted by atomic mass is 16.2. The lowest BCUT2D eigenvalue weighted by Gasteiger charge is -2.20. The quantitative estimate of drug-likeness (QED) is 0.767. The zero-order valence-electron chi connectivity index (χ0n) is 12.8. The summed E-state index contributed by atoms with van der Waals surface area (Å²) in [6, 6.07) is 0.594. The van der Waals surface area contributed by atoms with Crippen LogP contribution in [0.25, 0.3) is 0 Å². The Kier molecular flexibility index (Phi) is 8.68. The van der Waals surface area contributed by atoms with Crippen LogP contribution in [0.4, 0.5) is 4.79 Å². The summed E-state index contributed by atoms with van der Waals surface area (Å²) >= 11 is 0. The van der Waals surface area contributed by atoms with Crippen LogP contribution < -0.4 is 10.6 Å². The summed E-state index contributed by atoms with van der Waals surface area (Å²) in [5, 5.41) is 6.08. The van der Waals surface area contributed by atoms with Gasteiger partial charge < -0.3 is 10.6 Å². The summed E-state index contributed by atoms with van der Waals surface area (Å²) in [6.07, 6.45) is 14.4. The molecule has 1 aliphatic carbocycles. The van der Waals surface area contributed by atoms with E-state index in [2.05, 4.69) is 10.6 Å². The number of carbonyl (C=O) groups excluding carboxylic acids is 1. The van der Waals surface area contributed by atoms with Crippen LogP contribution in [0.1, 0.15) is 84.5 Å². The highest BCUT2D eigenvalue weighted by Crippen LogP contribution is 2.16. The Morgan fingerprint density at radius 1 is 0.842 bits per heavy atom. The predicted molar refractivity (Wildman–Crippen MR) is 81.4 cm³/mol. The van der Waals surface area contributed by atoms with Crippen LogP contribution in [-0.2, 0) is 0 Å². The molecule has 2 N–H and O–H groups in total. The van der Waals surface area contributed by atoms with E-state index in [1.165, 1.54) is 57.8 Å². The minimum atomic E-state index is 0.00657. The molecule has 3 heteroatoms. The van der Waals surface area contributed by atoms with Gasteiger partial charge in [0.15, 0.2) is 0 Å². The van der Waals surface area contributed by atoms with Crippen molar-refractivity contribution in [3.63, 3.8) is 0 Å². The largest absolute Gasteiger partial charge is 0.336 e. The highest BCUT2D eigenvalue weighted by molar-refractivity contribution is 5.74. The van der Waals surface area contributed by atoms with E-state index in [-0.39, 0.29) is 12.1 Å². The molecule has 112 valence electrons. The molecule has 0 spiro atoms. The maximum absolute atomic E-state index is 11.8. The number of carbonyl (C=O) groups is 1. The Morgan fingerprint density at radius 3 is 1.68 bits per heavy atom. The van der Waals surface area contributed by atoms with Gasteiger partial charge in [0.1, 0.15) is 0 Å². The molecular formula is C16H32N2O. The molecule has 0 bridgehead atoms. The third-order valence-corrected chi connectivity index (χ3v) is 3.86. The first kappa shape index (κ1) is 16.3. The lowest BCUT2D eigenvalue weighted by molar-refractivity contribution is 0.232. The van der Waals surface area contributed by atoms with Gasteiger partial charge in [0.05, 0.1) is 0 Å². The van der Waals surface area contributed by atoms with E-state index in [0.29, 0.717) is 6.04 Å². The minimum absolute atomic E-state index is 0.00657. The third-order valence-electron chi connectivity index (χ3n) is 3.86. The lowest BCUT2D eigenvalue weighted by Crippen LogP contribution is -2.44. The maximum atomic E-state index is 11.8. The molecule has 0 aliphatic heterocycles. The molecule has 0 saturated heterocycles. The van der Waals surface area contributed by atoms with E-state index in [4.69, 9.17) is 0 Å². The van der Waals surface area contributed by atoms with Gasteiger partial charge >= 0.3 is 6.03 Å². The molecule has 2 amide bonds. The summed E-state index contributed by atoms with van der Waals surface area (Å²) in [7, 11) is 0. The topological polar surface area (TPSA) is 41.1 Å². The van der Waals surface area contributed by atoms with Crippen molar-refractivity contribution in [3.05, 3.63) is 0 Å². The predicted octanol–water partition coefficient (Wildman–Crippen LogP) is 4.37. The second kappa shape index (κ2) is 10.1. The summed E-state index contributed by atoms with van der Waals surface area (Å²) in [5.74, 6) is 0. The Hall–Kier alpha value is -0.730. The van der Waals surface area contributed by atoms with E-state index in [0.717, 1.165) is 12.8 Å². The first-order valence-electron chi connectivity index (χ1n) is 8.25.